The Morgan fingerprint density at radius 1 is 1.27 bits per heavy atom. The maximum atomic E-state index is 6.37. The van der Waals surface area contributed by atoms with Gasteiger partial charge in [0.05, 0.1) is 0 Å². The maximum absolute atomic E-state index is 6.37. The molecule has 1 atom stereocenters. The van der Waals surface area contributed by atoms with Crippen LogP contribution in [0.3, 0.4) is 0 Å². The summed E-state index contributed by atoms with van der Waals surface area (Å²) >= 11 is 22.3. The highest BCUT2D eigenvalue weighted by Gasteiger charge is 2.18. The first-order valence-electron chi connectivity index (χ1n) is 3.91. The quantitative estimate of drug-likeness (QED) is 0.512. The van der Waals surface area contributed by atoms with Crippen molar-refractivity contribution in [3.8, 4) is 0 Å². The van der Waals surface area contributed by atoms with Crippen molar-refractivity contribution >= 4 is 77.7 Å². The van der Waals surface area contributed by atoms with Crippen LogP contribution in [-0.4, -0.2) is 0 Å². The molecule has 0 amide bonds. The lowest BCUT2D eigenvalue weighted by Gasteiger charge is -2.04. The highest BCUT2D eigenvalue weighted by molar-refractivity contribution is 9.11. The van der Waals surface area contributed by atoms with Gasteiger partial charge in [-0.05, 0) is 49.4 Å². The van der Waals surface area contributed by atoms with Crippen molar-refractivity contribution in [1.29, 1.82) is 0 Å². The lowest BCUT2D eigenvalue weighted by Crippen LogP contribution is -1.85. The summed E-state index contributed by atoms with van der Waals surface area (Å²) in [5.74, 6) is 0. The molecule has 0 saturated carbocycles. The Morgan fingerprint density at radius 3 is 2.47 bits per heavy atom. The van der Waals surface area contributed by atoms with Gasteiger partial charge in [-0.2, -0.15) is 0 Å². The average molecular weight is 407 g/mol. The summed E-state index contributed by atoms with van der Waals surface area (Å²) in [4.78, 5) is 2.17. The number of hydrogen-bond acceptors (Lipinski definition) is 2. The molecule has 2 aromatic heterocycles. The molecule has 0 aromatic carbocycles. The minimum absolute atomic E-state index is 0.131. The summed E-state index contributed by atoms with van der Waals surface area (Å²) in [6.07, 6.45) is 0. The fourth-order valence-electron chi connectivity index (χ4n) is 1.10. The molecule has 0 fully saturated rings. The SMILES string of the molecule is Clc1sc(C(Cl)c2sccc2Br)cc1Br. The fourth-order valence-corrected chi connectivity index (χ4v) is 5.10. The van der Waals surface area contributed by atoms with Gasteiger partial charge in [-0.15, -0.1) is 34.3 Å². The molecule has 15 heavy (non-hydrogen) atoms. The third-order valence-electron chi connectivity index (χ3n) is 1.79. The van der Waals surface area contributed by atoms with Gasteiger partial charge < -0.3 is 0 Å². The molecule has 0 aliphatic heterocycles. The van der Waals surface area contributed by atoms with Crippen LogP contribution >= 0.6 is 77.7 Å². The van der Waals surface area contributed by atoms with Gasteiger partial charge >= 0.3 is 0 Å². The predicted octanol–water partition coefficient (Wildman–Crippen LogP) is 6.32. The monoisotopic (exact) mass is 404 g/mol. The number of halogens is 4. The normalized spacial score (nSPS) is 13.1. The summed E-state index contributed by atoms with van der Waals surface area (Å²) in [7, 11) is 0. The van der Waals surface area contributed by atoms with Gasteiger partial charge in [0.25, 0.3) is 0 Å². The summed E-state index contributed by atoms with van der Waals surface area (Å²) < 4.78 is 2.69. The first kappa shape index (κ1) is 12.4. The Kier molecular flexibility index (Phi) is 4.19. The molecule has 2 heterocycles. The zero-order valence-electron chi connectivity index (χ0n) is 7.14. The van der Waals surface area contributed by atoms with Gasteiger partial charge in [0, 0.05) is 18.7 Å². The van der Waals surface area contributed by atoms with Crippen LogP contribution in [0, 0.1) is 0 Å². The standard InChI is InChI=1S/C9H4Br2Cl2S2/c10-4-1-2-14-8(4)7(12)6-3-5(11)9(13)15-6/h1-3,7H. The van der Waals surface area contributed by atoms with Crippen LogP contribution in [0.4, 0.5) is 0 Å². The molecular weight excluding hydrogens is 403 g/mol. The first-order chi connectivity index (χ1) is 7.09. The zero-order chi connectivity index (χ0) is 11.0. The molecule has 80 valence electrons. The van der Waals surface area contributed by atoms with Crippen molar-refractivity contribution in [1.82, 2.24) is 0 Å². The number of alkyl halides is 1. The van der Waals surface area contributed by atoms with E-state index in [9.17, 15) is 0 Å². The Labute approximate surface area is 122 Å². The topological polar surface area (TPSA) is 0 Å². The predicted molar refractivity (Wildman–Crippen MR) is 76.7 cm³/mol. The Balaban J connectivity index is 2.36. The molecule has 0 spiro atoms. The third-order valence-corrected chi connectivity index (χ3v) is 6.98. The van der Waals surface area contributed by atoms with Gasteiger partial charge in [0.15, 0.2) is 0 Å². The van der Waals surface area contributed by atoms with Crippen molar-refractivity contribution in [3.05, 3.63) is 40.5 Å². The smallest absolute Gasteiger partial charge is 0.107 e. The van der Waals surface area contributed by atoms with Crippen LogP contribution < -0.4 is 0 Å². The molecule has 0 aliphatic rings. The Morgan fingerprint density at radius 2 is 2.00 bits per heavy atom. The molecule has 0 aliphatic carbocycles. The molecule has 6 heteroatoms. The second kappa shape index (κ2) is 5.07. The molecule has 0 bridgehead atoms. The van der Waals surface area contributed by atoms with Crippen LogP contribution in [-0.2, 0) is 0 Å². The van der Waals surface area contributed by atoms with Gasteiger partial charge in [-0.25, -0.2) is 0 Å². The van der Waals surface area contributed by atoms with Gasteiger partial charge in [0.1, 0.15) is 9.71 Å². The van der Waals surface area contributed by atoms with Crippen molar-refractivity contribution in [2.75, 3.05) is 0 Å². The van der Waals surface area contributed by atoms with E-state index in [4.69, 9.17) is 23.2 Å². The highest BCUT2D eigenvalue weighted by atomic mass is 79.9. The lowest BCUT2D eigenvalue weighted by atomic mass is 10.3. The maximum Gasteiger partial charge on any atom is 0.107 e. The molecule has 0 saturated heterocycles. The molecule has 0 nitrogen and oxygen atoms in total. The molecule has 2 aromatic rings. The van der Waals surface area contributed by atoms with Crippen molar-refractivity contribution in [2.45, 2.75) is 5.38 Å². The van der Waals surface area contributed by atoms with E-state index in [0.29, 0.717) is 0 Å². The highest BCUT2D eigenvalue weighted by Crippen LogP contribution is 2.43. The van der Waals surface area contributed by atoms with E-state index in [1.165, 1.54) is 11.3 Å². The van der Waals surface area contributed by atoms with Gasteiger partial charge in [-0.1, -0.05) is 11.6 Å². The number of rotatable bonds is 2. The van der Waals surface area contributed by atoms with E-state index in [2.05, 4.69) is 31.9 Å². The number of thiophene rings is 2. The number of hydrogen-bond donors (Lipinski definition) is 0. The van der Waals surface area contributed by atoms with E-state index >= 15 is 0 Å². The van der Waals surface area contributed by atoms with E-state index in [-0.39, 0.29) is 5.38 Å². The first-order valence-corrected chi connectivity index (χ1v) is 8.01. The van der Waals surface area contributed by atoms with E-state index in [1.54, 1.807) is 11.3 Å². The average Bonchev–Trinajstić information content (AvgIpc) is 2.74. The van der Waals surface area contributed by atoms with E-state index < -0.39 is 0 Å². The third kappa shape index (κ3) is 2.61. The van der Waals surface area contributed by atoms with Crippen molar-refractivity contribution in [3.63, 3.8) is 0 Å². The molecular formula is C9H4Br2Cl2S2. The van der Waals surface area contributed by atoms with Crippen LogP contribution in [0.2, 0.25) is 4.34 Å². The second-order valence-corrected chi connectivity index (χ2v) is 7.54. The van der Waals surface area contributed by atoms with Crippen molar-refractivity contribution in [2.24, 2.45) is 0 Å². The van der Waals surface area contributed by atoms with Crippen molar-refractivity contribution < 1.29 is 0 Å². The molecule has 1 unspecified atom stereocenters. The van der Waals surface area contributed by atoms with Crippen LogP contribution in [0.1, 0.15) is 15.1 Å². The minimum atomic E-state index is -0.131. The van der Waals surface area contributed by atoms with Gasteiger partial charge in [-0.3, -0.25) is 0 Å². The van der Waals surface area contributed by atoms with E-state index in [0.717, 1.165) is 23.0 Å². The Bertz CT molecular complexity index is 459. The van der Waals surface area contributed by atoms with Crippen LogP contribution in [0.15, 0.2) is 26.5 Å². The summed E-state index contributed by atoms with van der Waals surface area (Å²) in [5.41, 5.74) is 0. The molecule has 2 rings (SSSR count). The van der Waals surface area contributed by atoms with Gasteiger partial charge in [0.2, 0.25) is 0 Å². The summed E-state index contributed by atoms with van der Waals surface area (Å²) in [6, 6.07) is 3.97. The van der Waals surface area contributed by atoms with E-state index in [1.807, 2.05) is 17.5 Å². The second-order valence-electron chi connectivity index (χ2n) is 2.77. The zero-order valence-corrected chi connectivity index (χ0v) is 13.5. The Hall–Kier alpha value is 0.940. The lowest BCUT2D eigenvalue weighted by molar-refractivity contribution is 1.22. The van der Waals surface area contributed by atoms with Crippen LogP contribution in [0.5, 0.6) is 0 Å². The van der Waals surface area contributed by atoms with Crippen LogP contribution in [0.25, 0.3) is 0 Å². The molecule has 0 radical (unpaired) electrons. The summed E-state index contributed by atoms with van der Waals surface area (Å²) in [5, 5.41) is 1.88. The minimum Gasteiger partial charge on any atom is -0.146 e. The molecule has 0 N–H and O–H groups in total. The fraction of sp³-hybridized carbons (Fsp3) is 0.111. The largest absolute Gasteiger partial charge is 0.146 e. The summed E-state index contributed by atoms with van der Waals surface area (Å²) in [6.45, 7) is 0.